The van der Waals surface area contributed by atoms with Crippen LogP contribution in [0.3, 0.4) is 0 Å². The Balaban J connectivity index is 2.71. The second-order valence-corrected chi connectivity index (χ2v) is 5.79. The molecule has 0 spiro atoms. The summed E-state index contributed by atoms with van der Waals surface area (Å²) in [7, 11) is 1.64. The zero-order valence-corrected chi connectivity index (χ0v) is 12.6. The van der Waals surface area contributed by atoms with Crippen molar-refractivity contribution in [3.05, 3.63) is 23.8 Å². The predicted octanol–water partition coefficient (Wildman–Crippen LogP) is 2.72. The van der Waals surface area contributed by atoms with Gasteiger partial charge in [0.15, 0.2) is 0 Å². The van der Waals surface area contributed by atoms with Crippen LogP contribution in [0.5, 0.6) is 5.75 Å². The number of ether oxygens (including phenoxy) is 1. The maximum Gasteiger partial charge on any atom is 0.242 e. The van der Waals surface area contributed by atoms with Crippen molar-refractivity contribution in [3.8, 4) is 5.75 Å². The standard InChI is InChI=1S/C15H24N2O2/c1-10-9-12(19-6)7-8-13(10)16-11(2)14(18)17-15(3,4)5/h7-9,11,16H,1-6H3,(H,17,18). The SMILES string of the molecule is COc1ccc(NC(C)C(=O)NC(C)(C)C)c(C)c1. The molecule has 19 heavy (non-hydrogen) atoms. The molecule has 1 atom stereocenters. The van der Waals surface area contributed by atoms with E-state index in [-0.39, 0.29) is 17.5 Å². The van der Waals surface area contributed by atoms with Gasteiger partial charge in [-0.15, -0.1) is 0 Å². The Morgan fingerprint density at radius 3 is 2.42 bits per heavy atom. The Hall–Kier alpha value is -1.71. The van der Waals surface area contributed by atoms with Gasteiger partial charge in [-0.05, 0) is 58.4 Å². The minimum atomic E-state index is -0.286. The van der Waals surface area contributed by atoms with Crippen LogP contribution in [0.4, 0.5) is 5.69 Å². The summed E-state index contributed by atoms with van der Waals surface area (Å²) in [4.78, 5) is 12.0. The minimum absolute atomic E-state index is 0.0114. The van der Waals surface area contributed by atoms with Gasteiger partial charge in [0, 0.05) is 11.2 Å². The molecular formula is C15H24N2O2. The first-order chi connectivity index (χ1) is 8.73. The Morgan fingerprint density at radius 1 is 1.32 bits per heavy atom. The number of carbonyl (C=O) groups excluding carboxylic acids is 1. The Morgan fingerprint density at radius 2 is 1.95 bits per heavy atom. The van der Waals surface area contributed by atoms with Gasteiger partial charge >= 0.3 is 0 Å². The molecule has 0 aliphatic heterocycles. The van der Waals surface area contributed by atoms with E-state index in [4.69, 9.17) is 4.74 Å². The summed E-state index contributed by atoms with van der Waals surface area (Å²) in [6.07, 6.45) is 0. The maximum absolute atomic E-state index is 12.0. The molecule has 0 aliphatic carbocycles. The molecule has 1 aromatic carbocycles. The number of carbonyl (C=O) groups is 1. The van der Waals surface area contributed by atoms with Gasteiger partial charge in [-0.2, -0.15) is 0 Å². The highest BCUT2D eigenvalue weighted by Gasteiger charge is 2.19. The second-order valence-electron chi connectivity index (χ2n) is 5.79. The van der Waals surface area contributed by atoms with Crippen LogP contribution in [0.1, 0.15) is 33.3 Å². The molecule has 0 aliphatic rings. The molecule has 4 heteroatoms. The number of amides is 1. The highest BCUT2D eigenvalue weighted by Crippen LogP contribution is 2.21. The molecule has 0 bridgehead atoms. The van der Waals surface area contributed by atoms with Crippen LogP contribution in [0.15, 0.2) is 18.2 Å². The summed E-state index contributed by atoms with van der Waals surface area (Å²) in [6, 6.07) is 5.46. The molecule has 106 valence electrons. The highest BCUT2D eigenvalue weighted by atomic mass is 16.5. The first kappa shape index (κ1) is 15.3. The van der Waals surface area contributed by atoms with E-state index in [9.17, 15) is 4.79 Å². The molecule has 0 heterocycles. The largest absolute Gasteiger partial charge is 0.497 e. The van der Waals surface area contributed by atoms with E-state index < -0.39 is 0 Å². The minimum Gasteiger partial charge on any atom is -0.497 e. The zero-order valence-electron chi connectivity index (χ0n) is 12.6. The molecule has 0 saturated heterocycles. The molecule has 2 N–H and O–H groups in total. The van der Waals surface area contributed by atoms with Gasteiger partial charge in [0.1, 0.15) is 11.8 Å². The molecule has 1 amide bonds. The average Bonchev–Trinajstić information content (AvgIpc) is 2.29. The van der Waals surface area contributed by atoms with Gasteiger partial charge in [-0.25, -0.2) is 0 Å². The molecule has 1 unspecified atom stereocenters. The van der Waals surface area contributed by atoms with Crippen LogP contribution in [0.25, 0.3) is 0 Å². The molecule has 0 aromatic heterocycles. The van der Waals surface area contributed by atoms with Crippen molar-refractivity contribution in [2.24, 2.45) is 0 Å². The third-order valence-electron chi connectivity index (χ3n) is 2.70. The smallest absolute Gasteiger partial charge is 0.242 e. The summed E-state index contributed by atoms with van der Waals surface area (Å²) in [5, 5.41) is 6.17. The van der Waals surface area contributed by atoms with Crippen molar-refractivity contribution in [1.82, 2.24) is 5.32 Å². The molecule has 4 nitrogen and oxygen atoms in total. The maximum atomic E-state index is 12.0. The van der Waals surface area contributed by atoms with Gasteiger partial charge in [-0.1, -0.05) is 0 Å². The van der Waals surface area contributed by atoms with Crippen molar-refractivity contribution < 1.29 is 9.53 Å². The fraction of sp³-hybridized carbons (Fsp3) is 0.533. The summed E-state index contributed by atoms with van der Waals surface area (Å²) in [6.45, 7) is 9.74. The van der Waals surface area contributed by atoms with Gasteiger partial charge in [0.25, 0.3) is 0 Å². The zero-order chi connectivity index (χ0) is 14.6. The van der Waals surface area contributed by atoms with E-state index in [0.717, 1.165) is 17.0 Å². The number of anilines is 1. The Bertz CT molecular complexity index is 450. The number of benzene rings is 1. The monoisotopic (exact) mass is 264 g/mol. The normalized spacial score (nSPS) is 12.7. The highest BCUT2D eigenvalue weighted by molar-refractivity contribution is 5.85. The van der Waals surface area contributed by atoms with E-state index in [2.05, 4.69) is 10.6 Å². The van der Waals surface area contributed by atoms with Gasteiger partial charge < -0.3 is 15.4 Å². The van der Waals surface area contributed by atoms with E-state index in [1.807, 2.05) is 52.8 Å². The average molecular weight is 264 g/mol. The van der Waals surface area contributed by atoms with Crippen LogP contribution < -0.4 is 15.4 Å². The van der Waals surface area contributed by atoms with E-state index >= 15 is 0 Å². The molecule has 1 aromatic rings. The lowest BCUT2D eigenvalue weighted by Crippen LogP contribution is -2.47. The van der Waals surface area contributed by atoms with Crippen LogP contribution in [0, 0.1) is 6.92 Å². The topological polar surface area (TPSA) is 50.4 Å². The van der Waals surface area contributed by atoms with Crippen molar-refractivity contribution in [1.29, 1.82) is 0 Å². The lowest BCUT2D eigenvalue weighted by Gasteiger charge is -2.24. The number of aryl methyl sites for hydroxylation is 1. The van der Waals surface area contributed by atoms with Crippen LogP contribution in [-0.2, 0) is 4.79 Å². The fourth-order valence-electron chi connectivity index (χ4n) is 1.70. The quantitative estimate of drug-likeness (QED) is 0.879. The van der Waals surface area contributed by atoms with Gasteiger partial charge in [0.2, 0.25) is 5.91 Å². The van der Waals surface area contributed by atoms with Crippen molar-refractivity contribution >= 4 is 11.6 Å². The fourth-order valence-corrected chi connectivity index (χ4v) is 1.70. The van der Waals surface area contributed by atoms with E-state index in [1.165, 1.54) is 0 Å². The lowest BCUT2D eigenvalue weighted by atomic mass is 10.1. The Kier molecular flexibility index (Phi) is 4.81. The van der Waals surface area contributed by atoms with Crippen LogP contribution in [-0.4, -0.2) is 24.6 Å². The summed E-state index contributed by atoms with van der Waals surface area (Å²) in [5.74, 6) is 0.803. The van der Waals surface area contributed by atoms with Crippen LogP contribution >= 0.6 is 0 Å². The first-order valence-corrected chi connectivity index (χ1v) is 6.46. The first-order valence-electron chi connectivity index (χ1n) is 6.46. The van der Waals surface area contributed by atoms with Gasteiger partial charge in [0.05, 0.1) is 7.11 Å². The molecule has 0 fully saturated rings. The number of hydrogen-bond acceptors (Lipinski definition) is 3. The molecular weight excluding hydrogens is 240 g/mol. The molecule has 0 radical (unpaired) electrons. The summed E-state index contributed by atoms with van der Waals surface area (Å²) in [5.41, 5.74) is 1.77. The number of nitrogens with one attached hydrogen (secondary N) is 2. The van der Waals surface area contributed by atoms with E-state index in [0.29, 0.717) is 0 Å². The van der Waals surface area contributed by atoms with Crippen molar-refractivity contribution in [3.63, 3.8) is 0 Å². The molecule has 1 rings (SSSR count). The van der Waals surface area contributed by atoms with Crippen molar-refractivity contribution in [2.45, 2.75) is 46.2 Å². The van der Waals surface area contributed by atoms with E-state index in [1.54, 1.807) is 7.11 Å². The predicted molar refractivity (Wildman–Crippen MR) is 78.7 cm³/mol. The van der Waals surface area contributed by atoms with Crippen LogP contribution in [0.2, 0.25) is 0 Å². The summed E-state index contributed by atoms with van der Waals surface area (Å²) >= 11 is 0. The number of methoxy groups -OCH3 is 1. The second kappa shape index (κ2) is 5.95. The lowest BCUT2D eigenvalue weighted by molar-refractivity contribution is -0.122. The van der Waals surface area contributed by atoms with Crippen molar-refractivity contribution in [2.75, 3.05) is 12.4 Å². The van der Waals surface area contributed by atoms with Gasteiger partial charge in [-0.3, -0.25) is 4.79 Å². The summed E-state index contributed by atoms with van der Waals surface area (Å²) < 4.78 is 5.16. The number of hydrogen-bond donors (Lipinski definition) is 2. The number of rotatable bonds is 4. The third-order valence-corrected chi connectivity index (χ3v) is 2.70. The third kappa shape index (κ3) is 4.81. The molecule has 0 saturated carbocycles. The Labute approximate surface area is 115 Å².